The average Bonchev–Trinajstić information content (AvgIpc) is 2.98. The first-order valence-electron chi connectivity index (χ1n) is 7.50. The zero-order chi connectivity index (χ0) is 15.9. The molecule has 0 atom stereocenters. The van der Waals surface area contributed by atoms with E-state index < -0.39 is 0 Å². The summed E-state index contributed by atoms with van der Waals surface area (Å²) in [4.78, 5) is 23.7. The Balaban J connectivity index is 2.06. The van der Waals surface area contributed by atoms with Crippen LogP contribution in [0.1, 0.15) is 16.8 Å². The Labute approximate surface area is 132 Å². The van der Waals surface area contributed by atoms with Crippen molar-refractivity contribution in [3.8, 4) is 0 Å². The second kappa shape index (κ2) is 7.75. The molecule has 0 saturated carbocycles. The number of aromatic amines is 1. The topological polar surface area (TPSA) is 52.2 Å². The normalized spacial score (nSPS) is 10.9. The summed E-state index contributed by atoms with van der Waals surface area (Å²) in [5, 5.41) is 0. The van der Waals surface area contributed by atoms with E-state index in [1.807, 2.05) is 50.2 Å². The molecule has 1 N–H and O–H groups in total. The number of nitrogens with zero attached hydrogens (tertiary/aromatic N) is 3. The molecule has 5 heteroatoms. The van der Waals surface area contributed by atoms with Crippen molar-refractivity contribution >= 4 is 5.91 Å². The van der Waals surface area contributed by atoms with Crippen molar-refractivity contribution < 1.29 is 4.79 Å². The summed E-state index contributed by atoms with van der Waals surface area (Å²) < 4.78 is 0. The van der Waals surface area contributed by atoms with E-state index in [1.165, 1.54) is 0 Å². The summed E-state index contributed by atoms with van der Waals surface area (Å²) in [5.41, 5.74) is 3.20. The van der Waals surface area contributed by atoms with Crippen LogP contribution in [0.3, 0.4) is 0 Å². The first-order valence-corrected chi connectivity index (χ1v) is 7.50. The van der Waals surface area contributed by atoms with Crippen LogP contribution in [0.4, 0.5) is 0 Å². The predicted octanol–water partition coefficient (Wildman–Crippen LogP) is 1.85. The van der Waals surface area contributed by atoms with E-state index in [2.05, 4.69) is 14.9 Å². The summed E-state index contributed by atoms with van der Waals surface area (Å²) in [6, 6.07) is 8.04. The van der Waals surface area contributed by atoms with Crippen LogP contribution in [0.15, 0.2) is 36.8 Å². The third-order valence-corrected chi connectivity index (χ3v) is 3.69. The van der Waals surface area contributed by atoms with E-state index >= 15 is 0 Å². The lowest BCUT2D eigenvalue weighted by Gasteiger charge is -2.24. The highest BCUT2D eigenvalue weighted by molar-refractivity contribution is 5.79. The van der Waals surface area contributed by atoms with Crippen LogP contribution in [0.25, 0.3) is 0 Å². The fraction of sp³-hybridized carbons (Fsp3) is 0.412. The maximum absolute atomic E-state index is 12.7. The van der Waals surface area contributed by atoms with Gasteiger partial charge in [0.25, 0.3) is 0 Å². The summed E-state index contributed by atoms with van der Waals surface area (Å²) in [7, 11) is 4.03. The first-order chi connectivity index (χ1) is 10.6. The van der Waals surface area contributed by atoms with Gasteiger partial charge in [0.05, 0.1) is 25.0 Å². The number of carbonyl (C=O) groups excluding carboxylic acids is 1. The number of rotatable bonds is 7. The predicted molar refractivity (Wildman–Crippen MR) is 87.4 cm³/mol. The van der Waals surface area contributed by atoms with Crippen molar-refractivity contribution in [3.63, 3.8) is 0 Å². The molecular weight excluding hydrogens is 276 g/mol. The Morgan fingerprint density at radius 2 is 2.00 bits per heavy atom. The summed E-state index contributed by atoms with van der Waals surface area (Å²) in [6.07, 6.45) is 3.85. The fourth-order valence-corrected chi connectivity index (χ4v) is 2.27. The van der Waals surface area contributed by atoms with E-state index in [4.69, 9.17) is 0 Å². The number of likely N-dealkylation sites (N-methyl/N-ethyl adjacent to an activating group) is 1. The van der Waals surface area contributed by atoms with Gasteiger partial charge in [-0.2, -0.15) is 0 Å². The molecule has 0 aliphatic heterocycles. The molecule has 0 fully saturated rings. The van der Waals surface area contributed by atoms with Gasteiger partial charge in [-0.05, 0) is 32.1 Å². The van der Waals surface area contributed by atoms with Gasteiger partial charge < -0.3 is 14.8 Å². The highest BCUT2D eigenvalue weighted by atomic mass is 16.2. The van der Waals surface area contributed by atoms with Gasteiger partial charge in [-0.1, -0.05) is 24.3 Å². The quantitative estimate of drug-likeness (QED) is 0.849. The largest absolute Gasteiger partial charge is 0.347 e. The third-order valence-electron chi connectivity index (χ3n) is 3.69. The Kier molecular flexibility index (Phi) is 5.72. The summed E-state index contributed by atoms with van der Waals surface area (Å²) in [5.74, 6) is 0.144. The van der Waals surface area contributed by atoms with Crippen molar-refractivity contribution in [2.24, 2.45) is 0 Å². The van der Waals surface area contributed by atoms with Crippen LogP contribution in [-0.2, 0) is 17.8 Å². The Hall–Kier alpha value is -2.14. The fourth-order valence-electron chi connectivity index (χ4n) is 2.27. The van der Waals surface area contributed by atoms with E-state index in [0.29, 0.717) is 19.5 Å². The van der Waals surface area contributed by atoms with Gasteiger partial charge in [0.2, 0.25) is 5.91 Å². The minimum absolute atomic E-state index is 0.144. The van der Waals surface area contributed by atoms with Crippen LogP contribution in [-0.4, -0.2) is 52.9 Å². The first kappa shape index (κ1) is 16.2. The smallest absolute Gasteiger partial charge is 0.227 e. The molecule has 0 bridgehead atoms. The van der Waals surface area contributed by atoms with E-state index in [-0.39, 0.29) is 5.91 Å². The standard InChI is InChI=1S/C17H24N4O/c1-14-6-4-5-7-15(14)10-17(22)21(9-8-20(2)3)12-16-11-18-13-19-16/h4-7,11,13H,8-10,12H2,1-3H3,(H,18,19). The van der Waals surface area contributed by atoms with E-state index in [9.17, 15) is 4.79 Å². The number of amides is 1. The lowest BCUT2D eigenvalue weighted by Crippen LogP contribution is -2.37. The number of benzene rings is 1. The van der Waals surface area contributed by atoms with Crippen molar-refractivity contribution in [2.75, 3.05) is 27.2 Å². The second-order valence-electron chi connectivity index (χ2n) is 5.80. The van der Waals surface area contributed by atoms with Gasteiger partial charge in [-0.15, -0.1) is 0 Å². The molecule has 2 aromatic rings. The highest BCUT2D eigenvalue weighted by Crippen LogP contribution is 2.11. The van der Waals surface area contributed by atoms with Crippen LogP contribution in [0.5, 0.6) is 0 Å². The lowest BCUT2D eigenvalue weighted by atomic mass is 10.1. The van der Waals surface area contributed by atoms with Gasteiger partial charge in [0, 0.05) is 19.3 Å². The SMILES string of the molecule is Cc1ccccc1CC(=O)N(CCN(C)C)Cc1cnc[nH]1. The highest BCUT2D eigenvalue weighted by Gasteiger charge is 2.16. The van der Waals surface area contributed by atoms with E-state index in [0.717, 1.165) is 23.4 Å². The van der Waals surface area contributed by atoms with Crippen molar-refractivity contribution in [1.29, 1.82) is 0 Å². The molecule has 1 heterocycles. The van der Waals surface area contributed by atoms with Gasteiger partial charge in [-0.25, -0.2) is 4.98 Å². The Morgan fingerprint density at radius 3 is 2.64 bits per heavy atom. The number of nitrogens with one attached hydrogen (secondary N) is 1. The van der Waals surface area contributed by atoms with Crippen LogP contribution < -0.4 is 0 Å². The van der Waals surface area contributed by atoms with Gasteiger partial charge >= 0.3 is 0 Å². The minimum Gasteiger partial charge on any atom is -0.347 e. The van der Waals surface area contributed by atoms with Crippen molar-refractivity contribution in [2.45, 2.75) is 19.9 Å². The molecule has 0 aliphatic carbocycles. The van der Waals surface area contributed by atoms with Crippen LogP contribution >= 0.6 is 0 Å². The zero-order valence-corrected chi connectivity index (χ0v) is 13.5. The molecule has 0 aliphatic rings. The van der Waals surface area contributed by atoms with Gasteiger partial charge in [0.1, 0.15) is 0 Å². The molecule has 0 unspecified atom stereocenters. The maximum atomic E-state index is 12.7. The van der Waals surface area contributed by atoms with Crippen molar-refractivity contribution in [1.82, 2.24) is 19.8 Å². The van der Waals surface area contributed by atoms with Gasteiger partial charge in [-0.3, -0.25) is 4.79 Å². The molecule has 1 aromatic heterocycles. The Bertz CT molecular complexity index is 592. The van der Waals surface area contributed by atoms with Crippen LogP contribution in [0, 0.1) is 6.92 Å². The molecule has 0 saturated heterocycles. The lowest BCUT2D eigenvalue weighted by molar-refractivity contribution is -0.131. The molecule has 0 spiro atoms. The number of H-pyrrole nitrogens is 1. The van der Waals surface area contributed by atoms with Crippen LogP contribution in [0.2, 0.25) is 0 Å². The maximum Gasteiger partial charge on any atom is 0.227 e. The number of imidazole rings is 1. The average molecular weight is 300 g/mol. The zero-order valence-electron chi connectivity index (χ0n) is 13.5. The molecule has 0 radical (unpaired) electrons. The number of hydrogen-bond acceptors (Lipinski definition) is 3. The second-order valence-corrected chi connectivity index (χ2v) is 5.80. The minimum atomic E-state index is 0.144. The molecule has 118 valence electrons. The molecule has 1 aromatic carbocycles. The summed E-state index contributed by atoms with van der Waals surface area (Å²) >= 11 is 0. The monoisotopic (exact) mass is 300 g/mol. The van der Waals surface area contributed by atoms with Gasteiger partial charge in [0.15, 0.2) is 0 Å². The number of aryl methyl sites for hydroxylation is 1. The van der Waals surface area contributed by atoms with E-state index in [1.54, 1.807) is 12.5 Å². The van der Waals surface area contributed by atoms with Crippen molar-refractivity contribution in [3.05, 3.63) is 53.6 Å². The Morgan fingerprint density at radius 1 is 1.23 bits per heavy atom. The summed E-state index contributed by atoms with van der Waals surface area (Å²) in [6.45, 7) is 4.16. The molecule has 22 heavy (non-hydrogen) atoms. The third kappa shape index (κ3) is 4.70. The molecule has 1 amide bonds. The number of aromatic nitrogens is 2. The molecular formula is C17H24N4O. The molecule has 5 nitrogen and oxygen atoms in total. The number of carbonyl (C=O) groups is 1. The number of hydrogen-bond donors (Lipinski definition) is 1. The molecule has 2 rings (SSSR count).